The van der Waals surface area contributed by atoms with Gasteiger partial charge in [-0.15, -0.1) is 0 Å². The lowest BCUT2D eigenvalue weighted by Gasteiger charge is -2.27. The third-order valence-corrected chi connectivity index (χ3v) is 5.38. The van der Waals surface area contributed by atoms with Gasteiger partial charge in [0.05, 0.1) is 11.1 Å². The number of ether oxygens (including phenoxy) is 1. The minimum atomic E-state index is -0.608. The van der Waals surface area contributed by atoms with Crippen molar-refractivity contribution in [2.24, 2.45) is 5.41 Å². The van der Waals surface area contributed by atoms with Gasteiger partial charge in [-0.3, -0.25) is 9.59 Å². The molecular weight excluding hydrogens is 376 g/mol. The SMILES string of the molecule is CCCN1C(=O)C(C)(C)COc2cc(NC(=O)c3ccc4ccccc4c3)ccc21. The van der Waals surface area contributed by atoms with E-state index in [0.717, 1.165) is 22.9 Å². The first-order valence-corrected chi connectivity index (χ1v) is 10.3. The smallest absolute Gasteiger partial charge is 0.255 e. The molecule has 1 aliphatic heterocycles. The van der Waals surface area contributed by atoms with Gasteiger partial charge in [-0.25, -0.2) is 0 Å². The average Bonchev–Trinajstić information content (AvgIpc) is 2.84. The molecule has 0 bridgehead atoms. The van der Waals surface area contributed by atoms with Crippen LogP contribution >= 0.6 is 0 Å². The van der Waals surface area contributed by atoms with Crippen LogP contribution in [0.25, 0.3) is 10.8 Å². The van der Waals surface area contributed by atoms with E-state index in [-0.39, 0.29) is 11.8 Å². The summed E-state index contributed by atoms with van der Waals surface area (Å²) in [5.74, 6) is 0.478. The number of carbonyl (C=O) groups excluding carboxylic acids is 2. The number of fused-ring (bicyclic) bond motifs is 2. The number of carbonyl (C=O) groups is 2. The van der Waals surface area contributed by atoms with Crippen molar-refractivity contribution in [1.82, 2.24) is 0 Å². The summed E-state index contributed by atoms with van der Waals surface area (Å²) in [5.41, 5.74) is 1.36. The molecule has 0 unspecified atom stereocenters. The van der Waals surface area contributed by atoms with Gasteiger partial charge in [0.1, 0.15) is 12.4 Å². The van der Waals surface area contributed by atoms with Crippen LogP contribution in [0.15, 0.2) is 60.7 Å². The second-order valence-electron chi connectivity index (χ2n) is 8.33. The Morgan fingerprint density at radius 2 is 1.83 bits per heavy atom. The molecule has 1 heterocycles. The second-order valence-corrected chi connectivity index (χ2v) is 8.33. The van der Waals surface area contributed by atoms with E-state index in [1.807, 2.05) is 75.4 Å². The number of hydrogen-bond donors (Lipinski definition) is 1. The van der Waals surface area contributed by atoms with Gasteiger partial charge in [-0.05, 0) is 55.3 Å². The van der Waals surface area contributed by atoms with Crippen molar-refractivity contribution in [2.75, 3.05) is 23.4 Å². The van der Waals surface area contributed by atoms with Gasteiger partial charge in [0.15, 0.2) is 0 Å². The number of nitrogens with zero attached hydrogens (tertiary/aromatic N) is 1. The van der Waals surface area contributed by atoms with Crippen LogP contribution in [0.3, 0.4) is 0 Å². The molecule has 0 radical (unpaired) electrons. The summed E-state index contributed by atoms with van der Waals surface area (Å²) in [7, 11) is 0. The summed E-state index contributed by atoms with van der Waals surface area (Å²) in [5, 5.41) is 5.06. The maximum Gasteiger partial charge on any atom is 0.255 e. The fourth-order valence-electron chi connectivity index (χ4n) is 3.70. The van der Waals surface area contributed by atoms with Crippen LogP contribution in [-0.2, 0) is 4.79 Å². The number of hydrogen-bond acceptors (Lipinski definition) is 3. The highest BCUT2D eigenvalue weighted by Crippen LogP contribution is 2.38. The van der Waals surface area contributed by atoms with Crippen molar-refractivity contribution in [2.45, 2.75) is 27.2 Å². The lowest BCUT2D eigenvalue weighted by Crippen LogP contribution is -2.42. The summed E-state index contributed by atoms with van der Waals surface area (Å²) in [4.78, 5) is 27.5. The number of benzene rings is 3. The summed E-state index contributed by atoms with van der Waals surface area (Å²) in [6.07, 6.45) is 0.849. The van der Waals surface area contributed by atoms with E-state index in [4.69, 9.17) is 4.74 Å². The zero-order valence-electron chi connectivity index (χ0n) is 17.6. The standard InChI is InChI=1S/C25H26N2O3/c1-4-13-27-21-12-11-20(15-22(21)30-16-25(2,3)24(27)29)26-23(28)19-10-9-17-7-5-6-8-18(17)14-19/h5-12,14-15H,4,13,16H2,1-3H3,(H,26,28). The van der Waals surface area contributed by atoms with Crippen molar-refractivity contribution < 1.29 is 14.3 Å². The van der Waals surface area contributed by atoms with E-state index in [1.54, 1.807) is 11.0 Å². The molecular formula is C25H26N2O3. The Kier molecular flexibility index (Phi) is 5.20. The predicted octanol–water partition coefficient (Wildman–Crippen LogP) is 5.25. The van der Waals surface area contributed by atoms with E-state index in [0.29, 0.717) is 30.2 Å². The molecule has 0 aliphatic carbocycles. The summed E-state index contributed by atoms with van der Waals surface area (Å²) < 4.78 is 5.98. The van der Waals surface area contributed by atoms with E-state index in [1.165, 1.54) is 0 Å². The third-order valence-electron chi connectivity index (χ3n) is 5.38. The highest BCUT2D eigenvalue weighted by atomic mass is 16.5. The maximum atomic E-state index is 13.0. The summed E-state index contributed by atoms with van der Waals surface area (Å²) in [6, 6.07) is 19.1. The number of nitrogens with one attached hydrogen (secondary N) is 1. The Morgan fingerprint density at radius 3 is 2.60 bits per heavy atom. The first kappa shape index (κ1) is 20.0. The van der Waals surface area contributed by atoms with Crippen molar-refractivity contribution in [1.29, 1.82) is 0 Å². The number of anilines is 2. The molecule has 0 fully saturated rings. The van der Waals surface area contributed by atoms with Gasteiger partial charge in [0.25, 0.3) is 5.91 Å². The van der Waals surface area contributed by atoms with Crippen molar-refractivity contribution in [3.63, 3.8) is 0 Å². The van der Waals surface area contributed by atoms with Gasteiger partial charge in [-0.1, -0.05) is 37.3 Å². The van der Waals surface area contributed by atoms with Gasteiger partial charge < -0.3 is 15.0 Å². The quantitative estimate of drug-likeness (QED) is 0.648. The van der Waals surface area contributed by atoms with Gasteiger partial charge in [0.2, 0.25) is 5.91 Å². The van der Waals surface area contributed by atoms with Crippen molar-refractivity contribution >= 4 is 34.0 Å². The number of amides is 2. The van der Waals surface area contributed by atoms with E-state index in [9.17, 15) is 9.59 Å². The topological polar surface area (TPSA) is 58.6 Å². The molecule has 4 rings (SSSR count). The van der Waals surface area contributed by atoms with E-state index in [2.05, 4.69) is 5.32 Å². The van der Waals surface area contributed by atoms with Gasteiger partial charge in [-0.2, -0.15) is 0 Å². The first-order chi connectivity index (χ1) is 14.4. The number of rotatable bonds is 4. The highest BCUT2D eigenvalue weighted by molar-refractivity contribution is 6.07. The summed E-state index contributed by atoms with van der Waals surface area (Å²) in [6.45, 7) is 6.75. The molecule has 1 N–H and O–H groups in total. The minimum absolute atomic E-state index is 0.0519. The Morgan fingerprint density at radius 1 is 1.07 bits per heavy atom. The Hall–Kier alpha value is -3.34. The van der Waals surface area contributed by atoms with Crippen LogP contribution in [0.1, 0.15) is 37.6 Å². The molecule has 154 valence electrons. The third kappa shape index (κ3) is 3.75. The minimum Gasteiger partial charge on any atom is -0.490 e. The lowest BCUT2D eigenvalue weighted by atomic mass is 9.93. The molecule has 0 saturated heterocycles. The molecule has 30 heavy (non-hydrogen) atoms. The van der Waals surface area contributed by atoms with Crippen LogP contribution in [-0.4, -0.2) is 25.0 Å². The monoisotopic (exact) mass is 402 g/mol. The van der Waals surface area contributed by atoms with Crippen molar-refractivity contribution in [3.05, 3.63) is 66.2 Å². The lowest BCUT2D eigenvalue weighted by molar-refractivity contribution is -0.127. The molecule has 3 aromatic carbocycles. The molecule has 0 saturated carbocycles. The van der Waals surface area contributed by atoms with E-state index >= 15 is 0 Å². The van der Waals surface area contributed by atoms with E-state index < -0.39 is 5.41 Å². The highest BCUT2D eigenvalue weighted by Gasteiger charge is 2.37. The van der Waals surface area contributed by atoms with Crippen LogP contribution < -0.4 is 15.0 Å². The van der Waals surface area contributed by atoms with Gasteiger partial charge >= 0.3 is 0 Å². The molecule has 5 heteroatoms. The summed E-state index contributed by atoms with van der Waals surface area (Å²) >= 11 is 0. The average molecular weight is 402 g/mol. The molecule has 1 aliphatic rings. The van der Waals surface area contributed by atoms with Gasteiger partial charge in [0, 0.05) is 23.9 Å². The molecule has 0 spiro atoms. The van der Waals surface area contributed by atoms with Crippen molar-refractivity contribution in [3.8, 4) is 5.75 Å². The molecule has 0 aromatic heterocycles. The fourth-order valence-corrected chi connectivity index (χ4v) is 3.70. The predicted molar refractivity (Wildman–Crippen MR) is 120 cm³/mol. The molecule has 3 aromatic rings. The first-order valence-electron chi connectivity index (χ1n) is 10.3. The molecule has 5 nitrogen and oxygen atoms in total. The Bertz CT molecular complexity index is 1120. The Balaban J connectivity index is 1.61. The fraction of sp³-hybridized carbons (Fsp3) is 0.280. The maximum absolute atomic E-state index is 13.0. The second kappa shape index (κ2) is 7.82. The molecule has 2 amide bonds. The normalized spacial score (nSPS) is 15.3. The zero-order chi connectivity index (χ0) is 21.3. The largest absolute Gasteiger partial charge is 0.490 e. The molecule has 0 atom stereocenters. The Labute approximate surface area is 176 Å². The van der Waals surface area contributed by atoms with Crippen LogP contribution in [0.2, 0.25) is 0 Å². The van der Waals surface area contributed by atoms with Crippen LogP contribution in [0.4, 0.5) is 11.4 Å². The van der Waals surface area contributed by atoms with Crippen LogP contribution in [0.5, 0.6) is 5.75 Å². The van der Waals surface area contributed by atoms with Crippen LogP contribution in [0, 0.1) is 5.41 Å². The zero-order valence-corrected chi connectivity index (χ0v) is 17.6.